The minimum Gasteiger partial charge on any atom is -0.353 e. The van der Waals surface area contributed by atoms with Crippen molar-refractivity contribution >= 4 is 28.2 Å². The van der Waals surface area contributed by atoms with Crippen molar-refractivity contribution in [2.75, 3.05) is 31.3 Å². The standard InChI is InChI=1S/C12H24N4S2/c1-5-7-10(13-8-6-2)9-17-12-15-14-11(18-12)16(3)4/h10,13H,5-9H2,1-4H3. The molecule has 1 unspecified atom stereocenters. The predicted molar refractivity (Wildman–Crippen MR) is 81.9 cm³/mol. The highest BCUT2D eigenvalue weighted by Gasteiger charge is 2.11. The van der Waals surface area contributed by atoms with Gasteiger partial charge in [-0.15, -0.1) is 10.2 Å². The molecule has 0 bridgehead atoms. The zero-order valence-electron chi connectivity index (χ0n) is 11.8. The topological polar surface area (TPSA) is 41.1 Å². The van der Waals surface area contributed by atoms with Gasteiger partial charge in [0.15, 0.2) is 4.34 Å². The van der Waals surface area contributed by atoms with Gasteiger partial charge in [-0.25, -0.2) is 0 Å². The van der Waals surface area contributed by atoms with Gasteiger partial charge in [-0.05, 0) is 19.4 Å². The van der Waals surface area contributed by atoms with Crippen molar-refractivity contribution in [1.29, 1.82) is 0 Å². The lowest BCUT2D eigenvalue weighted by molar-refractivity contribution is 0.514. The first kappa shape index (κ1) is 15.7. The van der Waals surface area contributed by atoms with Crippen molar-refractivity contribution in [2.45, 2.75) is 43.5 Å². The third-order valence-corrected chi connectivity index (χ3v) is 4.89. The van der Waals surface area contributed by atoms with Gasteiger partial charge >= 0.3 is 0 Å². The van der Waals surface area contributed by atoms with Gasteiger partial charge < -0.3 is 10.2 Å². The van der Waals surface area contributed by atoms with Crippen molar-refractivity contribution in [3.8, 4) is 0 Å². The van der Waals surface area contributed by atoms with E-state index in [0.29, 0.717) is 6.04 Å². The molecule has 0 amide bonds. The van der Waals surface area contributed by atoms with Gasteiger partial charge in [0.1, 0.15) is 0 Å². The van der Waals surface area contributed by atoms with E-state index in [9.17, 15) is 0 Å². The van der Waals surface area contributed by atoms with Gasteiger partial charge in [-0.3, -0.25) is 0 Å². The number of nitrogens with zero attached hydrogens (tertiary/aromatic N) is 3. The van der Waals surface area contributed by atoms with Crippen LogP contribution in [0.1, 0.15) is 33.1 Å². The van der Waals surface area contributed by atoms with Crippen LogP contribution in [0.4, 0.5) is 5.13 Å². The predicted octanol–water partition coefficient (Wildman–Crippen LogP) is 2.86. The molecule has 0 aliphatic rings. The SMILES string of the molecule is CCCNC(CCC)CSc1nnc(N(C)C)s1. The number of hydrogen-bond acceptors (Lipinski definition) is 6. The Kier molecular flexibility index (Phi) is 7.62. The molecule has 1 rings (SSSR count). The van der Waals surface area contributed by atoms with E-state index in [1.165, 1.54) is 19.3 Å². The summed E-state index contributed by atoms with van der Waals surface area (Å²) in [5.41, 5.74) is 0. The van der Waals surface area contributed by atoms with Gasteiger partial charge in [0.05, 0.1) is 0 Å². The Bertz CT molecular complexity index is 328. The number of hydrogen-bond donors (Lipinski definition) is 1. The summed E-state index contributed by atoms with van der Waals surface area (Å²) in [5.74, 6) is 1.08. The molecule has 1 aromatic rings. The number of rotatable bonds is 9. The van der Waals surface area contributed by atoms with Crippen LogP contribution in [-0.4, -0.2) is 42.6 Å². The molecule has 0 radical (unpaired) electrons. The second kappa shape index (κ2) is 8.72. The minimum atomic E-state index is 0.589. The molecule has 0 saturated carbocycles. The van der Waals surface area contributed by atoms with E-state index in [1.54, 1.807) is 11.3 Å². The molecule has 104 valence electrons. The number of aromatic nitrogens is 2. The summed E-state index contributed by atoms with van der Waals surface area (Å²) in [6.45, 7) is 5.54. The molecular formula is C12H24N4S2. The van der Waals surface area contributed by atoms with Crippen LogP contribution < -0.4 is 10.2 Å². The zero-order chi connectivity index (χ0) is 13.4. The fourth-order valence-corrected chi connectivity index (χ4v) is 3.45. The molecule has 0 aliphatic carbocycles. The van der Waals surface area contributed by atoms with Crippen molar-refractivity contribution < 1.29 is 0 Å². The zero-order valence-corrected chi connectivity index (χ0v) is 13.4. The maximum Gasteiger partial charge on any atom is 0.208 e. The van der Waals surface area contributed by atoms with Gasteiger partial charge in [-0.2, -0.15) is 0 Å². The molecule has 0 saturated heterocycles. The van der Waals surface area contributed by atoms with E-state index >= 15 is 0 Å². The van der Waals surface area contributed by atoms with E-state index in [1.807, 2.05) is 30.8 Å². The van der Waals surface area contributed by atoms with Crippen molar-refractivity contribution in [2.24, 2.45) is 0 Å². The monoisotopic (exact) mass is 288 g/mol. The number of anilines is 1. The van der Waals surface area contributed by atoms with Gasteiger partial charge in [0.2, 0.25) is 5.13 Å². The Morgan fingerprint density at radius 2 is 2.06 bits per heavy atom. The van der Waals surface area contributed by atoms with Crippen LogP contribution >= 0.6 is 23.1 Å². The first-order valence-corrected chi connectivity index (χ1v) is 8.34. The molecule has 1 heterocycles. The van der Waals surface area contributed by atoms with E-state index in [2.05, 4.69) is 29.4 Å². The maximum atomic E-state index is 4.21. The van der Waals surface area contributed by atoms with Crippen LogP contribution in [-0.2, 0) is 0 Å². The molecule has 4 nitrogen and oxygen atoms in total. The molecule has 1 atom stereocenters. The van der Waals surface area contributed by atoms with Crippen LogP contribution in [0.5, 0.6) is 0 Å². The fraction of sp³-hybridized carbons (Fsp3) is 0.833. The van der Waals surface area contributed by atoms with E-state index in [-0.39, 0.29) is 0 Å². The summed E-state index contributed by atoms with van der Waals surface area (Å²) in [5, 5.41) is 12.9. The molecule has 0 spiro atoms. The summed E-state index contributed by atoms with van der Waals surface area (Å²) >= 11 is 3.48. The Hall–Kier alpha value is -0.330. The molecule has 0 fully saturated rings. The summed E-state index contributed by atoms with van der Waals surface area (Å²) in [4.78, 5) is 2.00. The molecular weight excluding hydrogens is 264 g/mol. The van der Waals surface area contributed by atoms with Crippen LogP contribution in [0, 0.1) is 0 Å². The summed E-state index contributed by atoms with van der Waals surface area (Å²) in [7, 11) is 4.00. The third-order valence-electron chi connectivity index (χ3n) is 2.51. The Morgan fingerprint density at radius 1 is 1.28 bits per heavy atom. The van der Waals surface area contributed by atoms with Crippen LogP contribution in [0.3, 0.4) is 0 Å². The summed E-state index contributed by atoms with van der Waals surface area (Å²) in [6.07, 6.45) is 3.64. The number of nitrogens with one attached hydrogen (secondary N) is 1. The highest BCUT2D eigenvalue weighted by Crippen LogP contribution is 2.27. The second-order valence-electron chi connectivity index (χ2n) is 4.50. The number of thioether (sulfide) groups is 1. The van der Waals surface area contributed by atoms with Crippen molar-refractivity contribution in [3.05, 3.63) is 0 Å². The van der Waals surface area contributed by atoms with Crippen molar-refractivity contribution in [3.63, 3.8) is 0 Å². The molecule has 0 aromatic carbocycles. The normalized spacial score (nSPS) is 12.7. The maximum absolute atomic E-state index is 4.21. The fourth-order valence-electron chi connectivity index (χ4n) is 1.55. The highest BCUT2D eigenvalue weighted by atomic mass is 32.2. The summed E-state index contributed by atoms with van der Waals surface area (Å²) < 4.78 is 1.07. The largest absolute Gasteiger partial charge is 0.353 e. The second-order valence-corrected chi connectivity index (χ2v) is 6.72. The quantitative estimate of drug-likeness (QED) is 0.708. The van der Waals surface area contributed by atoms with Crippen molar-refractivity contribution in [1.82, 2.24) is 15.5 Å². The minimum absolute atomic E-state index is 0.589. The molecule has 1 N–H and O–H groups in total. The van der Waals surface area contributed by atoms with Crippen LogP contribution in [0.2, 0.25) is 0 Å². The first-order chi connectivity index (χ1) is 8.67. The summed E-state index contributed by atoms with van der Waals surface area (Å²) in [6, 6.07) is 0.589. The average molecular weight is 288 g/mol. The van der Waals surface area contributed by atoms with Gasteiger partial charge in [-0.1, -0.05) is 43.4 Å². The molecule has 6 heteroatoms. The lowest BCUT2D eigenvalue weighted by Crippen LogP contribution is -2.31. The lowest BCUT2D eigenvalue weighted by atomic mass is 10.2. The van der Waals surface area contributed by atoms with Gasteiger partial charge in [0.25, 0.3) is 0 Å². The van der Waals surface area contributed by atoms with E-state index in [0.717, 1.165) is 21.8 Å². The molecule has 18 heavy (non-hydrogen) atoms. The van der Waals surface area contributed by atoms with Crippen LogP contribution in [0.15, 0.2) is 4.34 Å². The molecule has 1 aromatic heterocycles. The van der Waals surface area contributed by atoms with E-state index in [4.69, 9.17) is 0 Å². The lowest BCUT2D eigenvalue weighted by Gasteiger charge is -2.16. The highest BCUT2D eigenvalue weighted by molar-refractivity contribution is 8.01. The van der Waals surface area contributed by atoms with E-state index < -0.39 is 0 Å². The van der Waals surface area contributed by atoms with Crippen LogP contribution in [0.25, 0.3) is 0 Å². The average Bonchev–Trinajstić information content (AvgIpc) is 2.81. The van der Waals surface area contributed by atoms with Gasteiger partial charge in [0, 0.05) is 25.9 Å². The Morgan fingerprint density at radius 3 is 2.61 bits per heavy atom. The smallest absolute Gasteiger partial charge is 0.208 e. The third kappa shape index (κ3) is 5.54. The Labute approximate surface area is 119 Å². The Balaban J connectivity index is 2.39. The molecule has 0 aliphatic heterocycles. The first-order valence-electron chi connectivity index (χ1n) is 6.54.